The van der Waals surface area contributed by atoms with Crippen molar-refractivity contribution in [3.8, 4) is 0 Å². The summed E-state index contributed by atoms with van der Waals surface area (Å²) in [6, 6.07) is 3.80. The molecule has 1 rings (SSSR count). The molecule has 12 heavy (non-hydrogen) atoms. The van der Waals surface area contributed by atoms with Crippen molar-refractivity contribution >= 4 is 29.1 Å². The predicted molar refractivity (Wildman–Crippen MR) is 41.6 cm³/mol. The van der Waals surface area contributed by atoms with Gasteiger partial charge < -0.3 is 5.73 Å². The van der Waals surface area contributed by atoms with Crippen molar-refractivity contribution in [2.75, 3.05) is 0 Å². The Balaban J connectivity index is 0.00000121. The van der Waals surface area contributed by atoms with Crippen LogP contribution in [0.2, 0.25) is 10.3 Å². The zero-order valence-corrected chi connectivity index (χ0v) is 10.2. The van der Waals surface area contributed by atoms with Gasteiger partial charge in [0, 0.05) is 37.9 Å². The van der Waals surface area contributed by atoms with E-state index >= 15 is 0 Å². The molecule has 6 heteroatoms. The van der Waals surface area contributed by atoms with Gasteiger partial charge in [0.1, 0.15) is 0 Å². The van der Waals surface area contributed by atoms with E-state index < -0.39 is 5.91 Å². The zero-order chi connectivity index (χ0) is 8.43. The summed E-state index contributed by atoms with van der Waals surface area (Å²) in [5.74, 6) is -0.643. The molecular weight excluding hydrogens is 276 g/mol. The van der Waals surface area contributed by atoms with Crippen molar-refractivity contribution in [3.63, 3.8) is 0 Å². The van der Waals surface area contributed by atoms with Gasteiger partial charge in [-0.25, -0.2) is 12.1 Å². The molecule has 0 unspecified atom stereocenters. The summed E-state index contributed by atoms with van der Waals surface area (Å²) in [5, 5.41) is 0.112. The van der Waals surface area contributed by atoms with Crippen LogP contribution < -0.4 is 5.73 Å². The van der Waals surface area contributed by atoms with Crippen molar-refractivity contribution in [1.82, 2.24) is 4.98 Å². The summed E-state index contributed by atoms with van der Waals surface area (Å²) in [5.41, 5.74) is 5.06. The number of hydrogen-bond acceptors (Lipinski definition) is 2. The molecule has 1 amide bonds. The second-order valence-corrected chi connectivity index (χ2v) is 2.48. The smallest absolute Gasteiger partial charge is 0.169 e. The number of amides is 1. The molecule has 0 atom stereocenters. The van der Waals surface area contributed by atoms with Gasteiger partial charge in [0.05, 0.1) is 5.15 Å². The summed E-state index contributed by atoms with van der Waals surface area (Å²) in [6.07, 6.45) is 0. The molecule has 0 saturated carbocycles. The Bertz CT molecular complexity index is 306. The first-order chi connectivity index (χ1) is 5.11. The van der Waals surface area contributed by atoms with Crippen LogP contribution in [0.25, 0.3) is 0 Å². The van der Waals surface area contributed by atoms with Crippen LogP contribution in [-0.2, 0) is 32.7 Å². The van der Waals surface area contributed by atoms with Crippen LogP contribution in [0.1, 0.15) is 10.4 Å². The van der Waals surface area contributed by atoms with Crippen molar-refractivity contribution < 1.29 is 37.5 Å². The molecule has 0 aliphatic carbocycles. The van der Waals surface area contributed by atoms with E-state index in [2.05, 4.69) is 11.1 Å². The normalized spacial score (nSPS) is 8.83. The topological polar surface area (TPSA) is 56.0 Å². The van der Waals surface area contributed by atoms with E-state index in [4.69, 9.17) is 28.9 Å². The molecule has 1 aromatic rings. The molecular formula is C6H3Cl2N2OY-. The summed E-state index contributed by atoms with van der Waals surface area (Å²) in [6.45, 7) is 0. The molecule has 1 aromatic heterocycles. The Morgan fingerprint density at radius 2 is 2.17 bits per heavy atom. The molecule has 0 bridgehead atoms. The summed E-state index contributed by atoms with van der Waals surface area (Å²) in [7, 11) is 0. The van der Waals surface area contributed by atoms with Gasteiger partial charge in [-0.05, 0) is 0 Å². The molecule has 0 aliphatic rings. The second-order valence-electron chi connectivity index (χ2n) is 1.76. The van der Waals surface area contributed by atoms with Gasteiger partial charge in [0.25, 0.3) is 0 Å². The van der Waals surface area contributed by atoms with Crippen LogP contribution in [0.3, 0.4) is 0 Å². The van der Waals surface area contributed by atoms with E-state index in [9.17, 15) is 4.79 Å². The van der Waals surface area contributed by atoms with E-state index in [-0.39, 0.29) is 48.6 Å². The first-order valence-electron chi connectivity index (χ1n) is 2.65. The number of nitrogens with zero attached hydrogens (tertiary/aromatic N) is 1. The molecule has 3 nitrogen and oxygen atoms in total. The standard InChI is InChI=1S/C6H3Cl2N2O.Y/c7-4-2-1-3(6(9)11)5(8)10-4;/h1H,(H2,9,11);/q-1;. The third-order valence-electron chi connectivity index (χ3n) is 1.02. The van der Waals surface area contributed by atoms with Gasteiger partial charge in [-0.15, -0.1) is 0 Å². The molecule has 1 radical (unpaired) electrons. The monoisotopic (exact) mass is 278 g/mol. The fraction of sp³-hybridized carbons (Fsp3) is 0. The van der Waals surface area contributed by atoms with Crippen molar-refractivity contribution in [3.05, 3.63) is 28.0 Å². The Morgan fingerprint density at radius 3 is 2.58 bits per heavy atom. The third-order valence-corrected chi connectivity index (χ3v) is 1.50. The van der Waals surface area contributed by atoms with Crippen LogP contribution in [0.15, 0.2) is 6.07 Å². The number of rotatable bonds is 1. The van der Waals surface area contributed by atoms with Gasteiger partial charge in [-0.1, -0.05) is 28.8 Å². The van der Waals surface area contributed by atoms with E-state index in [1.807, 2.05) is 0 Å². The van der Waals surface area contributed by atoms with Gasteiger partial charge in [0.2, 0.25) is 0 Å². The first kappa shape index (κ1) is 12.3. The van der Waals surface area contributed by atoms with Crippen LogP contribution in [0.5, 0.6) is 0 Å². The summed E-state index contributed by atoms with van der Waals surface area (Å²) >= 11 is 10.9. The summed E-state index contributed by atoms with van der Waals surface area (Å²) in [4.78, 5) is 14.1. The maximum atomic E-state index is 10.6. The number of primary amides is 1. The number of halogens is 2. The number of carbonyl (C=O) groups excluding carboxylic acids is 1. The average molecular weight is 279 g/mol. The van der Waals surface area contributed by atoms with Gasteiger partial charge in [0.15, 0.2) is 5.91 Å². The Hall–Kier alpha value is 0.304. The number of carbonyl (C=O) groups is 1. The number of aromatic nitrogens is 1. The van der Waals surface area contributed by atoms with E-state index in [0.29, 0.717) is 0 Å². The molecule has 0 fully saturated rings. The number of nitrogens with two attached hydrogens (primary N) is 1. The van der Waals surface area contributed by atoms with Crippen molar-refractivity contribution in [2.45, 2.75) is 0 Å². The van der Waals surface area contributed by atoms with E-state index in [1.165, 1.54) is 6.07 Å². The minimum absolute atomic E-state index is 0. The van der Waals surface area contributed by atoms with Crippen LogP contribution in [-0.4, -0.2) is 10.9 Å². The maximum absolute atomic E-state index is 10.6. The Labute approximate surface area is 105 Å². The van der Waals surface area contributed by atoms with Crippen molar-refractivity contribution in [1.29, 1.82) is 0 Å². The molecule has 0 spiro atoms. The van der Waals surface area contributed by atoms with E-state index in [1.54, 1.807) is 0 Å². The van der Waals surface area contributed by atoms with Crippen LogP contribution >= 0.6 is 23.2 Å². The third kappa shape index (κ3) is 2.98. The quantitative estimate of drug-likeness (QED) is 0.622. The van der Waals surface area contributed by atoms with E-state index in [0.717, 1.165) is 0 Å². The predicted octanol–water partition coefficient (Wildman–Crippen LogP) is 1.28. The minimum Gasteiger partial charge on any atom is -0.381 e. The van der Waals surface area contributed by atoms with Gasteiger partial charge in [-0.2, -0.15) is 0 Å². The minimum atomic E-state index is -0.643. The molecule has 0 aromatic carbocycles. The molecule has 0 aliphatic heterocycles. The average Bonchev–Trinajstić information content (AvgIpc) is 1.85. The largest absolute Gasteiger partial charge is 0.381 e. The Kier molecular flexibility index (Phi) is 5.25. The maximum Gasteiger partial charge on any atom is 0.169 e. The zero-order valence-electron chi connectivity index (χ0n) is 5.84. The first-order valence-corrected chi connectivity index (χ1v) is 3.40. The number of pyridine rings is 1. The van der Waals surface area contributed by atoms with Crippen LogP contribution in [0, 0.1) is 6.07 Å². The van der Waals surface area contributed by atoms with Gasteiger partial charge in [-0.3, -0.25) is 9.78 Å². The molecule has 0 saturated heterocycles. The molecule has 2 N–H and O–H groups in total. The van der Waals surface area contributed by atoms with Crippen molar-refractivity contribution in [2.24, 2.45) is 5.73 Å². The Morgan fingerprint density at radius 1 is 1.58 bits per heavy atom. The molecule has 1 heterocycles. The fourth-order valence-electron chi connectivity index (χ4n) is 0.543. The van der Waals surface area contributed by atoms with Gasteiger partial charge >= 0.3 is 0 Å². The fourth-order valence-corrected chi connectivity index (χ4v) is 0.957. The SMILES string of the molecule is NC(=O)c1c[c-]c(Cl)nc1Cl.[Y]. The number of hydrogen-bond donors (Lipinski definition) is 1. The molecule has 61 valence electrons. The second kappa shape index (κ2) is 5.12. The van der Waals surface area contributed by atoms with Crippen LogP contribution in [0.4, 0.5) is 0 Å². The summed E-state index contributed by atoms with van der Waals surface area (Å²) < 4.78 is 0.